The number of rotatable bonds is 6. The van der Waals surface area contributed by atoms with Crippen LogP contribution in [0.25, 0.3) is 0 Å². The van der Waals surface area contributed by atoms with Crippen LogP contribution in [0.15, 0.2) is 24.3 Å². The van der Waals surface area contributed by atoms with Crippen molar-refractivity contribution >= 4 is 17.8 Å². The Hall–Kier alpha value is -2.37. The van der Waals surface area contributed by atoms with Gasteiger partial charge in [-0.25, -0.2) is 0 Å². The second-order valence-corrected chi connectivity index (χ2v) is 6.55. The molecule has 1 aromatic carbocycles. The minimum absolute atomic E-state index is 0.000487. The number of carboxylic acids is 1. The number of hydrogen-bond acceptors (Lipinski definition) is 3. The molecule has 1 fully saturated rings. The molecule has 0 saturated carbocycles. The van der Waals surface area contributed by atoms with Crippen LogP contribution in [0, 0.1) is 6.92 Å². The summed E-state index contributed by atoms with van der Waals surface area (Å²) in [5, 5.41) is 12.0. The van der Waals surface area contributed by atoms with E-state index in [9.17, 15) is 14.4 Å². The highest BCUT2D eigenvalue weighted by atomic mass is 16.4. The summed E-state index contributed by atoms with van der Waals surface area (Å²) < 4.78 is 0. The van der Waals surface area contributed by atoms with E-state index in [2.05, 4.69) is 5.32 Å². The molecule has 1 aliphatic heterocycles. The Morgan fingerprint density at radius 1 is 1.20 bits per heavy atom. The summed E-state index contributed by atoms with van der Waals surface area (Å²) in [6.07, 6.45) is 4.17. The molecule has 1 atom stereocenters. The lowest BCUT2D eigenvalue weighted by molar-refractivity contribution is -0.139. The first kappa shape index (κ1) is 19.0. The lowest BCUT2D eigenvalue weighted by Crippen LogP contribution is -2.43. The van der Waals surface area contributed by atoms with E-state index < -0.39 is 12.0 Å². The predicted octanol–water partition coefficient (Wildman–Crippen LogP) is 2.42. The van der Waals surface area contributed by atoms with Crippen LogP contribution in [0.1, 0.15) is 55.7 Å². The molecule has 0 aliphatic carbocycles. The third-order valence-corrected chi connectivity index (χ3v) is 4.53. The number of aliphatic carboxylic acids is 1. The van der Waals surface area contributed by atoms with Gasteiger partial charge in [-0.15, -0.1) is 0 Å². The quantitative estimate of drug-likeness (QED) is 0.828. The van der Waals surface area contributed by atoms with Gasteiger partial charge in [-0.1, -0.05) is 37.1 Å². The van der Waals surface area contributed by atoms with Crippen molar-refractivity contribution < 1.29 is 19.5 Å². The first-order chi connectivity index (χ1) is 12.0. The molecule has 0 radical (unpaired) electrons. The monoisotopic (exact) mass is 346 g/mol. The Kier molecular flexibility index (Phi) is 6.98. The van der Waals surface area contributed by atoms with Crippen molar-refractivity contribution in [1.29, 1.82) is 0 Å². The third kappa shape index (κ3) is 5.89. The summed E-state index contributed by atoms with van der Waals surface area (Å²) in [5.74, 6) is -1.29. The van der Waals surface area contributed by atoms with Crippen LogP contribution in [0.4, 0.5) is 0 Å². The maximum Gasteiger partial charge on any atom is 0.305 e. The third-order valence-electron chi connectivity index (χ3n) is 4.53. The van der Waals surface area contributed by atoms with Gasteiger partial charge in [0.05, 0.1) is 19.0 Å². The van der Waals surface area contributed by atoms with Crippen molar-refractivity contribution in [2.45, 2.75) is 51.5 Å². The molecule has 2 rings (SSSR count). The van der Waals surface area contributed by atoms with E-state index in [4.69, 9.17) is 5.11 Å². The van der Waals surface area contributed by atoms with E-state index in [1.165, 1.54) is 0 Å². The zero-order chi connectivity index (χ0) is 18.2. The Morgan fingerprint density at radius 3 is 2.64 bits per heavy atom. The van der Waals surface area contributed by atoms with Crippen molar-refractivity contribution in [3.63, 3.8) is 0 Å². The molecule has 1 heterocycles. The van der Waals surface area contributed by atoms with Gasteiger partial charge in [0.15, 0.2) is 0 Å². The Balaban J connectivity index is 2.04. The Bertz CT molecular complexity index is 630. The normalized spacial score (nSPS) is 16.7. The molecule has 2 amide bonds. The molecule has 1 unspecified atom stereocenters. The van der Waals surface area contributed by atoms with Crippen molar-refractivity contribution in [3.8, 4) is 0 Å². The van der Waals surface area contributed by atoms with Gasteiger partial charge in [0.25, 0.3) is 0 Å². The summed E-state index contributed by atoms with van der Waals surface area (Å²) in [6.45, 7) is 2.46. The highest BCUT2D eigenvalue weighted by Gasteiger charge is 2.23. The van der Waals surface area contributed by atoms with Crippen LogP contribution in [0.3, 0.4) is 0 Å². The van der Waals surface area contributed by atoms with E-state index in [0.717, 1.165) is 36.8 Å². The predicted molar refractivity (Wildman–Crippen MR) is 94.0 cm³/mol. The van der Waals surface area contributed by atoms with E-state index in [0.29, 0.717) is 13.0 Å². The van der Waals surface area contributed by atoms with Gasteiger partial charge in [0.2, 0.25) is 11.8 Å². The van der Waals surface area contributed by atoms with Gasteiger partial charge in [-0.3, -0.25) is 14.4 Å². The number of likely N-dealkylation sites (tertiary alicyclic amines) is 1. The molecule has 136 valence electrons. The molecule has 1 aliphatic rings. The van der Waals surface area contributed by atoms with Crippen molar-refractivity contribution in [3.05, 3.63) is 35.4 Å². The van der Waals surface area contributed by atoms with Gasteiger partial charge < -0.3 is 15.3 Å². The zero-order valence-electron chi connectivity index (χ0n) is 14.7. The fourth-order valence-electron chi connectivity index (χ4n) is 3.19. The summed E-state index contributed by atoms with van der Waals surface area (Å²) in [5.41, 5.74) is 1.72. The summed E-state index contributed by atoms with van der Waals surface area (Å²) in [7, 11) is 0. The number of benzene rings is 1. The second kappa shape index (κ2) is 9.20. The number of carbonyl (C=O) groups is 3. The van der Waals surface area contributed by atoms with E-state index >= 15 is 0 Å². The molecule has 6 nitrogen and oxygen atoms in total. The molecule has 25 heavy (non-hydrogen) atoms. The molecule has 0 aromatic heterocycles. The van der Waals surface area contributed by atoms with Crippen molar-refractivity contribution in [2.24, 2.45) is 0 Å². The molecule has 6 heteroatoms. The molecule has 1 aromatic rings. The smallest absolute Gasteiger partial charge is 0.305 e. The second-order valence-electron chi connectivity index (χ2n) is 6.55. The van der Waals surface area contributed by atoms with Crippen LogP contribution in [-0.2, 0) is 14.4 Å². The van der Waals surface area contributed by atoms with Crippen LogP contribution in [0.5, 0.6) is 0 Å². The van der Waals surface area contributed by atoms with E-state index in [-0.39, 0.29) is 24.8 Å². The fourth-order valence-corrected chi connectivity index (χ4v) is 3.19. The largest absolute Gasteiger partial charge is 0.481 e. The lowest BCUT2D eigenvalue weighted by Gasteiger charge is -2.26. The molecule has 0 spiro atoms. The minimum atomic E-state index is -0.976. The number of carboxylic acid groups (broad SMARTS) is 1. The molecule has 0 bridgehead atoms. The van der Waals surface area contributed by atoms with Gasteiger partial charge in [0.1, 0.15) is 0 Å². The van der Waals surface area contributed by atoms with Crippen LogP contribution >= 0.6 is 0 Å². The van der Waals surface area contributed by atoms with E-state index in [1.54, 1.807) is 4.90 Å². The van der Waals surface area contributed by atoms with Gasteiger partial charge >= 0.3 is 5.97 Å². The maximum atomic E-state index is 12.4. The SMILES string of the molecule is Cc1ccccc1C(CC(=O)O)NC(=O)CN1CCCCCCC1=O. The highest BCUT2D eigenvalue weighted by Crippen LogP contribution is 2.21. The van der Waals surface area contributed by atoms with Crippen molar-refractivity contribution in [2.75, 3.05) is 13.1 Å². The number of hydrogen-bond donors (Lipinski definition) is 2. The first-order valence-electron chi connectivity index (χ1n) is 8.82. The average Bonchev–Trinajstić information content (AvgIpc) is 2.54. The number of nitrogens with one attached hydrogen (secondary N) is 1. The van der Waals surface area contributed by atoms with Crippen LogP contribution in [0.2, 0.25) is 0 Å². The Labute approximate surface area is 148 Å². The Morgan fingerprint density at radius 2 is 1.92 bits per heavy atom. The molecular formula is C19H26N2O4. The maximum absolute atomic E-state index is 12.4. The van der Waals surface area contributed by atoms with Gasteiger partial charge in [-0.2, -0.15) is 0 Å². The van der Waals surface area contributed by atoms with Crippen LogP contribution in [-0.4, -0.2) is 40.9 Å². The summed E-state index contributed by atoms with van der Waals surface area (Å²) in [4.78, 5) is 37.3. The number of amides is 2. The van der Waals surface area contributed by atoms with Crippen LogP contribution < -0.4 is 5.32 Å². The first-order valence-corrected chi connectivity index (χ1v) is 8.82. The van der Waals surface area contributed by atoms with Gasteiger partial charge in [-0.05, 0) is 30.9 Å². The average molecular weight is 346 g/mol. The number of carbonyl (C=O) groups excluding carboxylic acids is 2. The zero-order valence-corrected chi connectivity index (χ0v) is 14.7. The molecule has 1 saturated heterocycles. The minimum Gasteiger partial charge on any atom is -0.481 e. The standard InChI is InChI=1S/C19H26N2O4/c1-14-8-5-6-9-15(14)16(12-19(24)25)20-17(22)13-21-11-7-3-2-4-10-18(21)23/h5-6,8-9,16H,2-4,7,10-13H2,1H3,(H,20,22)(H,24,25). The summed E-state index contributed by atoms with van der Waals surface area (Å²) >= 11 is 0. The lowest BCUT2D eigenvalue weighted by atomic mass is 9.98. The fraction of sp³-hybridized carbons (Fsp3) is 0.526. The van der Waals surface area contributed by atoms with E-state index in [1.807, 2.05) is 31.2 Å². The van der Waals surface area contributed by atoms with Crippen molar-refractivity contribution in [1.82, 2.24) is 10.2 Å². The molecular weight excluding hydrogens is 320 g/mol. The highest BCUT2D eigenvalue weighted by molar-refractivity contribution is 5.85. The number of nitrogens with zero attached hydrogens (tertiary/aromatic N) is 1. The van der Waals surface area contributed by atoms with Gasteiger partial charge in [0, 0.05) is 13.0 Å². The number of aryl methyl sites for hydroxylation is 1. The topological polar surface area (TPSA) is 86.7 Å². The summed E-state index contributed by atoms with van der Waals surface area (Å²) in [6, 6.07) is 6.81. The molecule has 2 N–H and O–H groups in total.